The molecule has 2 heterocycles. The summed E-state index contributed by atoms with van der Waals surface area (Å²) in [4.78, 5) is 29.2. The van der Waals surface area contributed by atoms with E-state index in [9.17, 15) is 9.59 Å². The second-order valence-corrected chi connectivity index (χ2v) is 8.84. The predicted molar refractivity (Wildman–Crippen MR) is 132 cm³/mol. The number of benzene rings is 2. The summed E-state index contributed by atoms with van der Waals surface area (Å²) < 4.78 is 7.08. The molecule has 1 amide bonds. The van der Waals surface area contributed by atoms with Crippen LogP contribution in [0.1, 0.15) is 12.0 Å². The largest absolute Gasteiger partial charge is 0.463 e. The Balaban J connectivity index is 1.30. The number of piperazine rings is 1. The van der Waals surface area contributed by atoms with E-state index in [1.165, 1.54) is 0 Å². The van der Waals surface area contributed by atoms with Crippen LogP contribution in [0, 0.1) is 6.92 Å². The van der Waals surface area contributed by atoms with Crippen molar-refractivity contribution in [3.05, 3.63) is 54.2 Å². The van der Waals surface area contributed by atoms with Crippen molar-refractivity contribution in [3.63, 3.8) is 0 Å². The summed E-state index contributed by atoms with van der Waals surface area (Å²) in [5.41, 5.74) is 9.52. The molecule has 0 radical (unpaired) electrons. The topological polar surface area (TPSA) is 106 Å². The summed E-state index contributed by atoms with van der Waals surface area (Å²) in [6, 6.07) is 12.6. The molecule has 3 aromatic rings. The molecule has 2 aromatic carbocycles. The van der Waals surface area contributed by atoms with Gasteiger partial charge in [0, 0.05) is 43.8 Å². The highest BCUT2D eigenvalue weighted by Crippen LogP contribution is 2.22. The van der Waals surface area contributed by atoms with Gasteiger partial charge in [0.1, 0.15) is 12.6 Å². The number of aromatic nitrogens is 2. The molecule has 34 heavy (non-hydrogen) atoms. The molecule has 9 nitrogen and oxygen atoms in total. The van der Waals surface area contributed by atoms with E-state index in [4.69, 9.17) is 10.5 Å². The van der Waals surface area contributed by atoms with Gasteiger partial charge in [0.25, 0.3) is 0 Å². The van der Waals surface area contributed by atoms with Crippen LogP contribution in [0.3, 0.4) is 0 Å². The van der Waals surface area contributed by atoms with Gasteiger partial charge in [-0.3, -0.25) is 9.59 Å². The number of hydrogen-bond acceptors (Lipinski definition) is 7. The fourth-order valence-electron chi connectivity index (χ4n) is 3.95. The molecule has 9 heteroatoms. The molecule has 1 aliphatic heterocycles. The molecular weight excluding hydrogens is 432 g/mol. The highest BCUT2D eigenvalue weighted by Gasteiger charge is 2.19. The molecule has 1 aromatic heterocycles. The minimum absolute atomic E-state index is 0.156. The van der Waals surface area contributed by atoms with Gasteiger partial charge in [-0.25, -0.2) is 4.68 Å². The Morgan fingerprint density at radius 3 is 2.71 bits per heavy atom. The van der Waals surface area contributed by atoms with Crippen LogP contribution in [0.5, 0.6) is 0 Å². The molecular formula is C25H32N6O3. The van der Waals surface area contributed by atoms with E-state index in [-0.39, 0.29) is 19.0 Å². The molecule has 1 atom stereocenters. The van der Waals surface area contributed by atoms with Crippen molar-refractivity contribution in [2.45, 2.75) is 19.4 Å². The fourth-order valence-corrected chi connectivity index (χ4v) is 3.95. The van der Waals surface area contributed by atoms with E-state index in [0.29, 0.717) is 12.2 Å². The molecule has 1 aliphatic rings. The number of anilines is 1. The third-order valence-electron chi connectivity index (χ3n) is 6.07. The number of rotatable bonds is 8. The fraction of sp³-hybridized carbons (Fsp3) is 0.400. The van der Waals surface area contributed by atoms with E-state index in [0.717, 1.165) is 48.3 Å². The maximum Gasteiger partial charge on any atom is 0.307 e. The SMILES string of the molecule is Cc1cccc(-n2ncc3ccc(NC(=O)[C@@H](N)COC(=O)CCN4CCN(C)CC4)cc32)c1. The van der Waals surface area contributed by atoms with Crippen molar-refractivity contribution in [3.8, 4) is 5.69 Å². The Bertz CT molecular complexity index is 1150. The van der Waals surface area contributed by atoms with Crippen LogP contribution in [0.15, 0.2) is 48.7 Å². The second-order valence-electron chi connectivity index (χ2n) is 8.84. The van der Waals surface area contributed by atoms with Crippen molar-refractivity contribution >= 4 is 28.5 Å². The number of esters is 1. The third kappa shape index (κ3) is 5.99. The van der Waals surface area contributed by atoms with E-state index < -0.39 is 11.9 Å². The molecule has 0 saturated carbocycles. The first-order chi connectivity index (χ1) is 16.4. The monoisotopic (exact) mass is 464 g/mol. The van der Waals surface area contributed by atoms with Gasteiger partial charge in [-0.1, -0.05) is 12.1 Å². The zero-order valence-corrected chi connectivity index (χ0v) is 19.7. The quantitative estimate of drug-likeness (QED) is 0.490. The summed E-state index contributed by atoms with van der Waals surface area (Å²) in [6.45, 7) is 6.41. The van der Waals surface area contributed by atoms with Crippen LogP contribution in [-0.2, 0) is 14.3 Å². The highest BCUT2D eigenvalue weighted by molar-refractivity contribution is 5.97. The molecule has 0 spiro atoms. The van der Waals surface area contributed by atoms with Crippen LogP contribution in [0.25, 0.3) is 16.6 Å². The average Bonchev–Trinajstić information content (AvgIpc) is 3.25. The molecule has 0 aliphatic carbocycles. The van der Waals surface area contributed by atoms with Crippen LogP contribution in [0.2, 0.25) is 0 Å². The third-order valence-corrected chi connectivity index (χ3v) is 6.07. The Morgan fingerprint density at radius 2 is 1.94 bits per heavy atom. The molecule has 0 bridgehead atoms. The highest BCUT2D eigenvalue weighted by atomic mass is 16.5. The first-order valence-electron chi connectivity index (χ1n) is 11.6. The molecule has 1 saturated heterocycles. The zero-order valence-electron chi connectivity index (χ0n) is 19.7. The van der Waals surface area contributed by atoms with E-state index >= 15 is 0 Å². The Morgan fingerprint density at radius 1 is 1.15 bits per heavy atom. The maximum atomic E-state index is 12.6. The lowest BCUT2D eigenvalue weighted by molar-refractivity contribution is -0.145. The number of nitrogens with zero attached hydrogens (tertiary/aromatic N) is 4. The number of nitrogens with two attached hydrogens (primary N) is 1. The Labute approximate surface area is 199 Å². The number of fused-ring (bicyclic) bond motifs is 1. The standard InChI is InChI=1S/C25H32N6O3/c1-18-4-3-5-21(14-18)31-23-15-20(7-6-19(23)16-27-31)28-25(33)22(26)17-34-24(32)8-9-30-12-10-29(2)11-13-30/h3-7,14-16,22H,8-13,17,26H2,1-2H3,(H,28,33)/t22-/m0/s1. The minimum atomic E-state index is -0.954. The van der Waals surface area contributed by atoms with Crippen LogP contribution in [0.4, 0.5) is 5.69 Å². The molecule has 180 valence electrons. The summed E-state index contributed by atoms with van der Waals surface area (Å²) in [5, 5.41) is 8.25. The van der Waals surface area contributed by atoms with E-state index in [2.05, 4.69) is 27.3 Å². The molecule has 3 N–H and O–H groups in total. The lowest BCUT2D eigenvalue weighted by atomic mass is 10.2. The lowest BCUT2D eigenvalue weighted by Gasteiger charge is -2.32. The second kappa shape index (κ2) is 10.8. The predicted octanol–water partition coefficient (Wildman–Crippen LogP) is 1.78. The number of hydrogen-bond donors (Lipinski definition) is 2. The first-order valence-corrected chi connectivity index (χ1v) is 11.6. The number of carbonyl (C=O) groups is 2. The van der Waals surface area contributed by atoms with Crippen molar-refractivity contribution in [2.75, 3.05) is 51.7 Å². The van der Waals surface area contributed by atoms with Crippen molar-refractivity contribution in [1.29, 1.82) is 0 Å². The molecule has 4 rings (SSSR count). The number of amides is 1. The van der Waals surface area contributed by atoms with Crippen molar-refractivity contribution in [2.24, 2.45) is 5.73 Å². The van der Waals surface area contributed by atoms with Crippen LogP contribution >= 0.6 is 0 Å². The summed E-state index contributed by atoms with van der Waals surface area (Å²) in [7, 11) is 2.09. The minimum Gasteiger partial charge on any atom is -0.463 e. The van der Waals surface area contributed by atoms with Gasteiger partial charge in [0.05, 0.1) is 23.8 Å². The number of ether oxygens (including phenoxy) is 1. The number of aryl methyl sites for hydroxylation is 1. The summed E-state index contributed by atoms with van der Waals surface area (Å²) in [6.07, 6.45) is 2.08. The molecule has 1 fully saturated rings. The average molecular weight is 465 g/mol. The van der Waals surface area contributed by atoms with Gasteiger partial charge in [-0.2, -0.15) is 5.10 Å². The van der Waals surface area contributed by atoms with Gasteiger partial charge in [0.15, 0.2) is 0 Å². The molecule has 0 unspecified atom stereocenters. The number of carbonyl (C=O) groups excluding carboxylic acids is 2. The van der Waals surface area contributed by atoms with Crippen molar-refractivity contribution in [1.82, 2.24) is 19.6 Å². The smallest absolute Gasteiger partial charge is 0.307 e. The number of nitrogens with one attached hydrogen (secondary N) is 1. The van der Waals surface area contributed by atoms with Crippen LogP contribution < -0.4 is 11.1 Å². The summed E-state index contributed by atoms with van der Waals surface area (Å²) in [5.74, 6) is -0.751. The normalized spacial score (nSPS) is 15.9. The van der Waals surface area contributed by atoms with Gasteiger partial charge >= 0.3 is 5.97 Å². The maximum absolute atomic E-state index is 12.6. The van der Waals surface area contributed by atoms with Gasteiger partial charge < -0.3 is 25.6 Å². The van der Waals surface area contributed by atoms with Gasteiger partial charge in [-0.15, -0.1) is 0 Å². The number of likely N-dealkylation sites (N-methyl/N-ethyl adjacent to an activating group) is 1. The van der Waals surface area contributed by atoms with Crippen molar-refractivity contribution < 1.29 is 14.3 Å². The Hall–Kier alpha value is -3.27. The van der Waals surface area contributed by atoms with E-state index in [1.54, 1.807) is 12.3 Å². The zero-order chi connectivity index (χ0) is 24.1. The van der Waals surface area contributed by atoms with Gasteiger partial charge in [0.2, 0.25) is 5.91 Å². The van der Waals surface area contributed by atoms with Crippen LogP contribution in [-0.4, -0.2) is 83.9 Å². The Kier molecular flexibility index (Phi) is 7.56. The first kappa shape index (κ1) is 23.9. The lowest BCUT2D eigenvalue weighted by Crippen LogP contribution is -2.45. The van der Waals surface area contributed by atoms with Gasteiger partial charge in [-0.05, 0) is 49.9 Å². The summed E-state index contributed by atoms with van der Waals surface area (Å²) >= 11 is 0. The van der Waals surface area contributed by atoms with E-state index in [1.807, 2.05) is 48.0 Å².